The second kappa shape index (κ2) is 8.19. The van der Waals surface area contributed by atoms with E-state index in [0.717, 1.165) is 24.8 Å². The van der Waals surface area contributed by atoms with Gasteiger partial charge >= 0.3 is 0 Å². The van der Waals surface area contributed by atoms with E-state index in [9.17, 15) is 14.4 Å². The summed E-state index contributed by atoms with van der Waals surface area (Å²) in [7, 11) is 0. The highest BCUT2D eigenvalue weighted by atomic mass is 32.2. The van der Waals surface area contributed by atoms with E-state index in [4.69, 9.17) is 22.7 Å². The minimum Gasteiger partial charge on any atom is -0.484 e. The molecule has 0 unspecified atom stereocenters. The van der Waals surface area contributed by atoms with Gasteiger partial charge in [0.15, 0.2) is 10.9 Å². The number of ether oxygens (including phenoxy) is 1. The number of nitrogens with zero attached hydrogens (tertiary/aromatic N) is 1. The van der Waals surface area contributed by atoms with Crippen LogP contribution in [0.1, 0.15) is 44.1 Å². The number of nitrogens with two attached hydrogens (primary N) is 1. The molecule has 1 heterocycles. The van der Waals surface area contributed by atoms with Gasteiger partial charge in [-0.15, -0.1) is 0 Å². The lowest BCUT2D eigenvalue weighted by atomic mass is 9.49. The van der Waals surface area contributed by atoms with Crippen molar-refractivity contribution >= 4 is 52.1 Å². The van der Waals surface area contributed by atoms with Crippen molar-refractivity contribution in [3.8, 4) is 5.75 Å². The highest BCUT2D eigenvalue weighted by Gasteiger charge is 2.55. The minimum atomic E-state index is -0.548. The Balaban J connectivity index is 1.26. The Kier molecular flexibility index (Phi) is 5.49. The van der Waals surface area contributed by atoms with Crippen LogP contribution >= 0.6 is 24.0 Å². The van der Waals surface area contributed by atoms with E-state index >= 15 is 0 Å². The van der Waals surface area contributed by atoms with E-state index in [1.807, 2.05) is 0 Å². The fraction of sp³-hybridized carbons (Fsp3) is 0.478. The number of hydrogen-bond donors (Lipinski definition) is 2. The van der Waals surface area contributed by atoms with Crippen LogP contribution in [0.2, 0.25) is 0 Å². The molecule has 1 saturated heterocycles. The predicted molar refractivity (Wildman–Crippen MR) is 125 cm³/mol. The third-order valence-electron chi connectivity index (χ3n) is 7.09. The van der Waals surface area contributed by atoms with Crippen molar-refractivity contribution in [2.75, 3.05) is 6.61 Å². The van der Waals surface area contributed by atoms with Crippen LogP contribution in [-0.4, -0.2) is 33.7 Å². The quantitative estimate of drug-likeness (QED) is 0.489. The molecule has 1 aromatic rings. The maximum absolute atomic E-state index is 13.3. The molecule has 0 aromatic heterocycles. The predicted octanol–water partition coefficient (Wildman–Crippen LogP) is 3.00. The number of nitrogens with one attached hydrogen (secondary N) is 1. The van der Waals surface area contributed by atoms with Crippen LogP contribution in [0.4, 0.5) is 0 Å². The second-order valence-corrected chi connectivity index (χ2v) is 11.2. The molecule has 9 heteroatoms. The lowest BCUT2D eigenvalue weighted by molar-refractivity contribution is -0.152. The van der Waals surface area contributed by atoms with Crippen LogP contribution in [0.15, 0.2) is 29.2 Å². The highest BCUT2D eigenvalue weighted by Crippen LogP contribution is 2.60. The third-order valence-corrected chi connectivity index (χ3v) is 8.39. The average molecular weight is 472 g/mol. The van der Waals surface area contributed by atoms with Gasteiger partial charge in [-0.2, -0.15) is 5.01 Å². The van der Waals surface area contributed by atoms with Crippen LogP contribution in [0.3, 0.4) is 0 Å². The van der Waals surface area contributed by atoms with Crippen molar-refractivity contribution in [2.45, 2.75) is 38.5 Å². The maximum Gasteiger partial charge on any atom is 0.285 e. The Morgan fingerprint density at radius 1 is 1.16 bits per heavy atom. The maximum atomic E-state index is 13.3. The first-order chi connectivity index (χ1) is 15.3. The Morgan fingerprint density at radius 3 is 2.31 bits per heavy atom. The largest absolute Gasteiger partial charge is 0.484 e. The minimum absolute atomic E-state index is 0.0508. The average Bonchev–Trinajstić information content (AvgIpc) is 2.99. The normalized spacial score (nSPS) is 31.9. The molecule has 168 valence electrons. The summed E-state index contributed by atoms with van der Waals surface area (Å²) < 4.78 is 5.58. The number of amides is 3. The van der Waals surface area contributed by atoms with Crippen LogP contribution in [0, 0.1) is 23.2 Å². The third kappa shape index (κ3) is 4.03. The lowest BCUT2D eigenvalue weighted by Gasteiger charge is -2.55. The highest BCUT2D eigenvalue weighted by molar-refractivity contribution is 8.26. The summed E-state index contributed by atoms with van der Waals surface area (Å²) in [6, 6.07) is 6.95. The van der Waals surface area contributed by atoms with Gasteiger partial charge in [0.2, 0.25) is 5.91 Å². The van der Waals surface area contributed by atoms with Crippen LogP contribution < -0.4 is 15.9 Å². The number of benzene rings is 1. The fourth-order valence-corrected chi connectivity index (χ4v) is 7.32. The van der Waals surface area contributed by atoms with Crippen molar-refractivity contribution in [1.82, 2.24) is 10.4 Å². The summed E-state index contributed by atoms with van der Waals surface area (Å²) in [6.07, 6.45) is 8.28. The molecule has 3 amide bonds. The number of primary amides is 1. The molecule has 4 bridgehead atoms. The first-order valence-corrected chi connectivity index (χ1v) is 12.1. The van der Waals surface area contributed by atoms with Crippen molar-refractivity contribution in [3.05, 3.63) is 34.7 Å². The lowest BCUT2D eigenvalue weighted by Crippen LogP contribution is -2.57. The first-order valence-electron chi connectivity index (χ1n) is 10.9. The molecule has 4 aliphatic carbocycles. The Labute approximate surface area is 196 Å². The number of rotatable bonds is 6. The number of carbonyl (C=O) groups excluding carboxylic acids is 3. The van der Waals surface area contributed by atoms with E-state index in [0.29, 0.717) is 32.7 Å². The summed E-state index contributed by atoms with van der Waals surface area (Å²) in [5.41, 5.74) is 8.38. The summed E-state index contributed by atoms with van der Waals surface area (Å²) in [6.45, 7) is -0.193. The molecule has 32 heavy (non-hydrogen) atoms. The van der Waals surface area contributed by atoms with Gasteiger partial charge in [0, 0.05) is 0 Å². The van der Waals surface area contributed by atoms with E-state index < -0.39 is 5.91 Å². The van der Waals surface area contributed by atoms with Crippen LogP contribution in [-0.2, 0) is 14.4 Å². The van der Waals surface area contributed by atoms with Gasteiger partial charge in [0.1, 0.15) is 5.75 Å². The molecular weight excluding hydrogens is 446 g/mol. The molecule has 6 rings (SSSR count). The summed E-state index contributed by atoms with van der Waals surface area (Å²) in [5.74, 6) is 1.54. The molecule has 0 radical (unpaired) electrons. The Morgan fingerprint density at radius 2 is 1.75 bits per heavy atom. The van der Waals surface area contributed by atoms with Gasteiger partial charge in [-0.1, -0.05) is 23.9 Å². The molecule has 0 atom stereocenters. The van der Waals surface area contributed by atoms with Crippen molar-refractivity contribution < 1.29 is 19.1 Å². The van der Waals surface area contributed by atoms with E-state index in [2.05, 4.69) is 5.43 Å². The SMILES string of the molecule is NC(=O)COc1ccc(/C=C2\SC(=S)N(NC(=O)C34CC5CC(CC(C5)C3)C4)C2=O)cc1. The monoisotopic (exact) mass is 471 g/mol. The molecular formula is C23H25N3O4S2. The molecule has 0 spiro atoms. The molecule has 3 N–H and O–H groups in total. The summed E-state index contributed by atoms with van der Waals surface area (Å²) >= 11 is 6.58. The molecule has 1 aliphatic heterocycles. The fourth-order valence-electron chi connectivity index (χ4n) is 6.14. The first kappa shape index (κ1) is 21.5. The number of thioether (sulfide) groups is 1. The van der Waals surface area contributed by atoms with E-state index in [1.54, 1.807) is 30.3 Å². The molecule has 1 aromatic carbocycles. The number of carbonyl (C=O) groups is 3. The number of thiocarbonyl (C=S) groups is 1. The zero-order chi connectivity index (χ0) is 22.5. The number of hydrogen-bond acceptors (Lipinski definition) is 6. The van der Waals surface area contributed by atoms with Crippen molar-refractivity contribution in [2.24, 2.45) is 28.9 Å². The molecule has 4 saturated carbocycles. The zero-order valence-electron chi connectivity index (χ0n) is 17.5. The Hall–Kier alpha value is -2.39. The Bertz CT molecular complexity index is 985. The molecule has 5 fully saturated rings. The van der Waals surface area contributed by atoms with Gasteiger partial charge < -0.3 is 10.5 Å². The topological polar surface area (TPSA) is 102 Å². The van der Waals surface area contributed by atoms with Gasteiger partial charge in [0.25, 0.3) is 11.8 Å². The van der Waals surface area contributed by atoms with Crippen molar-refractivity contribution in [1.29, 1.82) is 0 Å². The van der Waals surface area contributed by atoms with Crippen molar-refractivity contribution in [3.63, 3.8) is 0 Å². The molecule has 7 nitrogen and oxygen atoms in total. The standard InChI is InChI=1S/C23H25N3O4S2/c24-19(27)12-30-17-3-1-13(2-4-17)8-18-20(28)26(22(31)32-18)25-21(29)23-9-14-5-15(10-23)7-16(6-14)11-23/h1-4,8,14-16H,5-7,9-12H2,(H2,24,27)(H,25,29)/b18-8-. The van der Waals surface area contributed by atoms with Gasteiger partial charge in [-0.05, 0) is 92.3 Å². The van der Waals surface area contributed by atoms with Crippen LogP contribution in [0.25, 0.3) is 6.08 Å². The van der Waals surface area contributed by atoms with E-state index in [1.165, 1.54) is 36.0 Å². The number of hydrazine groups is 1. The van der Waals surface area contributed by atoms with Gasteiger partial charge in [-0.25, -0.2) is 0 Å². The summed E-state index contributed by atoms with van der Waals surface area (Å²) in [4.78, 5) is 37.6. The molecule has 5 aliphatic rings. The zero-order valence-corrected chi connectivity index (χ0v) is 19.2. The van der Waals surface area contributed by atoms with Gasteiger partial charge in [0.05, 0.1) is 10.3 Å². The van der Waals surface area contributed by atoms with E-state index in [-0.39, 0.29) is 23.8 Å². The smallest absolute Gasteiger partial charge is 0.285 e. The summed E-state index contributed by atoms with van der Waals surface area (Å²) in [5, 5.41) is 1.23. The van der Waals surface area contributed by atoms with Gasteiger partial charge in [-0.3, -0.25) is 19.8 Å². The second-order valence-electron chi connectivity index (χ2n) is 9.48. The van der Waals surface area contributed by atoms with Crippen LogP contribution in [0.5, 0.6) is 5.75 Å².